The smallest absolute Gasteiger partial charge is 0.345 e. The van der Waals surface area contributed by atoms with E-state index in [1.165, 1.54) is 18.2 Å². The van der Waals surface area contributed by atoms with E-state index in [4.69, 9.17) is 9.47 Å². The second-order valence-corrected chi connectivity index (χ2v) is 3.55. The summed E-state index contributed by atoms with van der Waals surface area (Å²) in [4.78, 5) is 22.7. The van der Waals surface area contributed by atoms with Crippen LogP contribution in [0.2, 0.25) is 0 Å². The number of phenolic OH excluding ortho intramolecular Hbond substituents is 1. The zero-order chi connectivity index (χ0) is 12.4. The van der Waals surface area contributed by atoms with E-state index in [0.29, 0.717) is 5.57 Å². The first-order valence-electron chi connectivity index (χ1n) is 4.96. The Hall–Kier alpha value is -2.30. The number of phenols is 1. The molecule has 0 bridgehead atoms. The van der Waals surface area contributed by atoms with Crippen molar-refractivity contribution in [3.63, 3.8) is 0 Å². The van der Waals surface area contributed by atoms with E-state index in [9.17, 15) is 14.7 Å². The highest BCUT2D eigenvalue weighted by Crippen LogP contribution is 2.20. The molecule has 5 heteroatoms. The summed E-state index contributed by atoms with van der Waals surface area (Å²) in [5.41, 5.74) is 0.418. The van der Waals surface area contributed by atoms with Gasteiger partial charge in [0.2, 0.25) is 0 Å². The molecule has 1 heterocycles. The molecule has 17 heavy (non-hydrogen) atoms. The van der Waals surface area contributed by atoms with Crippen LogP contribution < -0.4 is 0 Å². The molecule has 0 saturated heterocycles. The molecule has 0 spiro atoms. The van der Waals surface area contributed by atoms with Crippen LogP contribution in [0.4, 0.5) is 0 Å². The highest BCUT2D eigenvalue weighted by molar-refractivity contribution is 5.93. The first-order valence-corrected chi connectivity index (χ1v) is 4.96. The minimum atomic E-state index is -1.02. The van der Waals surface area contributed by atoms with Gasteiger partial charge in [0.15, 0.2) is 0 Å². The van der Waals surface area contributed by atoms with Gasteiger partial charge < -0.3 is 14.6 Å². The van der Waals surface area contributed by atoms with Crippen LogP contribution in [0.3, 0.4) is 0 Å². The first-order chi connectivity index (χ1) is 8.08. The lowest BCUT2D eigenvalue weighted by atomic mass is 10.2. The topological polar surface area (TPSA) is 72.8 Å². The number of benzene rings is 1. The monoisotopic (exact) mass is 234 g/mol. The van der Waals surface area contributed by atoms with Crippen LogP contribution in [0.5, 0.6) is 5.75 Å². The van der Waals surface area contributed by atoms with Gasteiger partial charge in [0.05, 0.1) is 0 Å². The van der Waals surface area contributed by atoms with Crippen LogP contribution in [-0.2, 0) is 14.3 Å². The number of rotatable bonds is 2. The molecule has 5 nitrogen and oxygen atoms in total. The van der Waals surface area contributed by atoms with Gasteiger partial charge in [-0.25, -0.2) is 9.59 Å². The molecule has 1 atom stereocenters. The third-order valence-electron chi connectivity index (χ3n) is 2.28. The molecule has 0 radical (unpaired) electrons. The largest absolute Gasteiger partial charge is 0.507 e. The average molecular weight is 234 g/mol. The van der Waals surface area contributed by atoms with Crippen LogP contribution in [0.25, 0.3) is 0 Å². The molecule has 1 unspecified atom stereocenters. The zero-order valence-electron chi connectivity index (χ0n) is 9.04. The third kappa shape index (κ3) is 2.28. The Bertz CT molecular complexity index is 503. The van der Waals surface area contributed by atoms with E-state index in [2.05, 4.69) is 0 Å². The number of esters is 2. The van der Waals surface area contributed by atoms with Crippen LogP contribution in [0.15, 0.2) is 35.9 Å². The van der Waals surface area contributed by atoms with Crippen molar-refractivity contribution in [2.24, 2.45) is 0 Å². The highest BCUT2D eigenvalue weighted by Gasteiger charge is 2.26. The molecular weight excluding hydrogens is 224 g/mol. The zero-order valence-corrected chi connectivity index (χ0v) is 9.04. The van der Waals surface area contributed by atoms with Gasteiger partial charge >= 0.3 is 11.9 Å². The molecule has 1 aromatic carbocycles. The number of carbonyl (C=O) groups excluding carboxylic acids is 2. The highest BCUT2D eigenvalue weighted by atomic mass is 16.7. The Kier molecular flexibility index (Phi) is 2.82. The molecule has 1 aliphatic heterocycles. The maximum atomic E-state index is 11.6. The lowest BCUT2D eigenvalue weighted by Gasteiger charge is -2.10. The van der Waals surface area contributed by atoms with Crippen molar-refractivity contribution in [3.05, 3.63) is 41.5 Å². The molecule has 0 saturated carbocycles. The second-order valence-electron chi connectivity index (χ2n) is 3.55. The number of aromatic hydroxyl groups is 1. The fourth-order valence-corrected chi connectivity index (χ4v) is 1.38. The maximum absolute atomic E-state index is 11.6. The van der Waals surface area contributed by atoms with Gasteiger partial charge in [-0.05, 0) is 19.1 Å². The Labute approximate surface area is 97.3 Å². The maximum Gasteiger partial charge on any atom is 0.345 e. The summed E-state index contributed by atoms with van der Waals surface area (Å²) < 4.78 is 9.65. The molecule has 88 valence electrons. The number of cyclic esters (lactones) is 1. The van der Waals surface area contributed by atoms with Gasteiger partial charge in [0.25, 0.3) is 6.29 Å². The Morgan fingerprint density at radius 1 is 1.41 bits per heavy atom. The third-order valence-corrected chi connectivity index (χ3v) is 2.28. The van der Waals surface area contributed by atoms with Gasteiger partial charge in [0, 0.05) is 11.6 Å². The van der Waals surface area contributed by atoms with Gasteiger partial charge in [-0.15, -0.1) is 0 Å². The van der Waals surface area contributed by atoms with Crippen molar-refractivity contribution in [2.45, 2.75) is 13.2 Å². The molecule has 2 rings (SSSR count). The predicted molar refractivity (Wildman–Crippen MR) is 57.2 cm³/mol. The number of carbonyl (C=O) groups is 2. The molecular formula is C12H10O5. The number of ether oxygens (including phenoxy) is 2. The fourth-order valence-electron chi connectivity index (χ4n) is 1.38. The van der Waals surface area contributed by atoms with Gasteiger partial charge in [-0.1, -0.05) is 12.1 Å². The summed E-state index contributed by atoms with van der Waals surface area (Å²) in [6.07, 6.45) is 0.384. The second kappa shape index (κ2) is 4.29. The summed E-state index contributed by atoms with van der Waals surface area (Å²) in [5.74, 6) is -1.44. The lowest BCUT2D eigenvalue weighted by molar-refractivity contribution is -0.151. The standard InChI is InChI=1S/C12H10O5/c1-7-6-10(16-11(7)14)17-12(15)8-4-2-3-5-9(8)13/h2-6,10,13H,1H3. The van der Waals surface area contributed by atoms with Crippen molar-refractivity contribution >= 4 is 11.9 Å². The molecule has 0 aromatic heterocycles. The van der Waals surface area contributed by atoms with E-state index in [1.54, 1.807) is 19.1 Å². The SMILES string of the molecule is CC1=CC(OC(=O)c2ccccc2O)OC1=O. The summed E-state index contributed by atoms with van der Waals surface area (Å²) >= 11 is 0. The van der Waals surface area contributed by atoms with Gasteiger partial charge in [0.1, 0.15) is 11.3 Å². The predicted octanol–water partition coefficient (Wildman–Crippen LogP) is 1.38. The summed E-state index contributed by atoms with van der Waals surface area (Å²) in [6, 6.07) is 5.98. The van der Waals surface area contributed by atoms with Crippen molar-refractivity contribution < 1.29 is 24.2 Å². The van der Waals surface area contributed by atoms with E-state index >= 15 is 0 Å². The summed E-state index contributed by atoms with van der Waals surface area (Å²) in [7, 11) is 0. The minimum absolute atomic E-state index is 0.0292. The molecule has 1 N–H and O–H groups in total. The Morgan fingerprint density at radius 3 is 2.71 bits per heavy atom. The summed E-state index contributed by atoms with van der Waals surface area (Å²) in [6.45, 7) is 1.57. The fraction of sp³-hybridized carbons (Fsp3) is 0.167. The molecule has 0 aliphatic carbocycles. The van der Waals surface area contributed by atoms with Crippen molar-refractivity contribution in [3.8, 4) is 5.75 Å². The van der Waals surface area contributed by atoms with Crippen LogP contribution in [0.1, 0.15) is 17.3 Å². The molecule has 0 amide bonds. The normalized spacial score (nSPS) is 18.5. The van der Waals surface area contributed by atoms with Crippen LogP contribution in [0, 0.1) is 0 Å². The van der Waals surface area contributed by atoms with Crippen molar-refractivity contribution in [1.29, 1.82) is 0 Å². The average Bonchev–Trinajstić information content (AvgIpc) is 2.58. The van der Waals surface area contributed by atoms with E-state index in [1.807, 2.05) is 0 Å². The van der Waals surface area contributed by atoms with Gasteiger partial charge in [-0.2, -0.15) is 0 Å². The quantitative estimate of drug-likeness (QED) is 0.782. The van der Waals surface area contributed by atoms with Crippen LogP contribution in [-0.4, -0.2) is 23.3 Å². The number of hydrogen-bond donors (Lipinski definition) is 1. The molecule has 0 fully saturated rings. The minimum Gasteiger partial charge on any atom is -0.507 e. The van der Waals surface area contributed by atoms with Crippen LogP contribution >= 0.6 is 0 Å². The van der Waals surface area contributed by atoms with E-state index in [-0.39, 0.29) is 11.3 Å². The Balaban J connectivity index is 2.09. The van der Waals surface area contributed by atoms with E-state index in [0.717, 1.165) is 0 Å². The Morgan fingerprint density at radius 2 is 2.12 bits per heavy atom. The lowest BCUT2D eigenvalue weighted by Crippen LogP contribution is -2.17. The molecule has 1 aromatic rings. The van der Waals surface area contributed by atoms with Crippen molar-refractivity contribution in [2.75, 3.05) is 0 Å². The summed E-state index contributed by atoms with van der Waals surface area (Å²) in [5, 5.41) is 9.43. The number of para-hydroxylation sites is 1. The van der Waals surface area contributed by atoms with E-state index < -0.39 is 18.2 Å². The number of hydrogen-bond acceptors (Lipinski definition) is 5. The van der Waals surface area contributed by atoms with Gasteiger partial charge in [-0.3, -0.25) is 0 Å². The van der Waals surface area contributed by atoms with Crippen molar-refractivity contribution in [1.82, 2.24) is 0 Å². The molecule has 1 aliphatic rings. The first kappa shape index (κ1) is 11.2.